The summed E-state index contributed by atoms with van der Waals surface area (Å²) in [5.74, 6) is 0.446. The van der Waals surface area contributed by atoms with E-state index in [9.17, 15) is 13.5 Å². The van der Waals surface area contributed by atoms with E-state index in [0.29, 0.717) is 16.6 Å². The number of phenolic OH excluding ortho intramolecular Hbond substituents is 1. The summed E-state index contributed by atoms with van der Waals surface area (Å²) < 4.78 is 22.6. The van der Waals surface area contributed by atoms with Crippen LogP contribution in [0.5, 0.6) is 5.75 Å². The number of hydrogen-bond acceptors (Lipinski definition) is 8. The van der Waals surface area contributed by atoms with E-state index in [2.05, 4.69) is 20.4 Å². The van der Waals surface area contributed by atoms with Crippen LogP contribution in [0.25, 0.3) is 10.9 Å². The third-order valence-electron chi connectivity index (χ3n) is 4.46. The smallest absolute Gasteiger partial charge is 0.238 e. The third-order valence-corrected chi connectivity index (χ3v) is 5.39. The summed E-state index contributed by atoms with van der Waals surface area (Å²) in [5, 5.41) is 25.3. The molecule has 0 spiro atoms. The van der Waals surface area contributed by atoms with E-state index in [-0.39, 0.29) is 22.5 Å². The average Bonchev–Trinajstić information content (AvgIpc) is 3.08. The van der Waals surface area contributed by atoms with Crippen molar-refractivity contribution in [3.63, 3.8) is 0 Å². The molecule has 2 aromatic carbocycles. The number of nitrogens with zero attached hydrogens (tertiary/aromatic N) is 4. The number of nitrogens with two attached hydrogens (primary N) is 1. The molecule has 1 aliphatic rings. The molecule has 1 aromatic heterocycles. The Morgan fingerprint density at radius 2 is 2.00 bits per heavy atom. The number of aromatic nitrogens is 2. The molecule has 0 fully saturated rings. The number of primary sulfonamides is 1. The van der Waals surface area contributed by atoms with Crippen molar-refractivity contribution < 1.29 is 13.5 Å². The Balaban J connectivity index is 1.61. The predicted molar refractivity (Wildman–Crippen MR) is 106 cm³/mol. The molecular formula is C18H18N6O3S. The number of sulfonamides is 1. The van der Waals surface area contributed by atoms with Crippen molar-refractivity contribution in [1.82, 2.24) is 15.0 Å². The van der Waals surface area contributed by atoms with Gasteiger partial charge in [0, 0.05) is 43.0 Å². The van der Waals surface area contributed by atoms with Gasteiger partial charge in [-0.3, -0.25) is 5.01 Å². The average molecular weight is 398 g/mol. The Bertz CT molecular complexity index is 1180. The second-order valence-corrected chi connectivity index (χ2v) is 8.14. The highest BCUT2D eigenvalue weighted by Gasteiger charge is 2.19. The molecule has 0 bridgehead atoms. The van der Waals surface area contributed by atoms with Gasteiger partial charge in [-0.15, -0.1) is 0 Å². The number of aromatic hydroxyl groups is 1. The topological polar surface area (TPSA) is 134 Å². The summed E-state index contributed by atoms with van der Waals surface area (Å²) in [5.41, 5.74) is 1.96. The summed E-state index contributed by atoms with van der Waals surface area (Å²) in [4.78, 5) is 8.66. The van der Waals surface area contributed by atoms with Crippen LogP contribution in [0.2, 0.25) is 0 Å². The molecule has 0 aliphatic carbocycles. The van der Waals surface area contributed by atoms with Crippen molar-refractivity contribution >= 4 is 38.8 Å². The molecule has 0 saturated heterocycles. The van der Waals surface area contributed by atoms with Crippen LogP contribution in [0, 0.1) is 0 Å². The quantitative estimate of drug-likeness (QED) is 0.609. The molecular weight excluding hydrogens is 380 g/mol. The summed E-state index contributed by atoms with van der Waals surface area (Å²) in [6.07, 6.45) is 3.48. The molecule has 2 heterocycles. The number of nitrogens with one attached hydrogen (secondary N) is 1. The van der Waals surface area contributed by atoms with Gasteiger partial charge in [-0.25, -0.2) is 23.5 Å². The maximum Gasteiger partial charge on any atom is 0.238 e. The maximum atomic E-state index is 11.3. The van der Waals surface area contributed by atoms with Crippen LogP contribution < -0.4 is 10.5 Å². The highest BCUT2D eigenvalue weighted by atomic mass is 32.2. The number of benzene rings is 2. The second-order valence-electron chi connectivity index (χ2n) is 6.58. The number of anilines is 2. The Hall–Kier alpha value is -3.24. The molecule has 10 heteroatoms. The normalized spacial score (nSPS) is 16.6. The van der Waals surface area contributed by atoms with Gasteiger partial charge in [0.25, 0.3) is 0 Å². The number of rotatable bonds is 4. The molecule has 28 heavy (non-hydrogen) atoms. The third kappa shape index (κ3) is 3.59. The second kappa shape index (κ2) is 6.73. The number of likely N-dealkylation sites (N-methyl/N-ethyl adjacent to an activating group) is 1. The van der Waals surface area contributed by atoms with Gasteiger partial charge in [0.1, 0.15) is 11.3 Å². The summed E-state index contributed by atoms with van der Waals surface area (Å²) in [7, 11) is -1.85. The SMILES string of the molecule is CN1CC(c2cc(O)c3nc(Nc4ccc(S(N)(=O)=O)cc4)ncc3c2)C=N1. The van der Waals surface area contributed by atoms with Crippen molar-refractivity contribution in [2.45, 2.75) is 10.8 Å². The zero-order chi connectivity index (χ0) is 19.9. The van der Waals surface area contributed by atoms with Gasteiger partial charge in [-0.1, -0.05) is 0 Å². The van der Waals surface area contributed by atoms with E-state index >= 15 is 0 Å². The van der Waals surface area contributed by atoms with E-state index in [1.165, 1.54) is 12.1 Å². The van der Waals surface area contributed by atoms with Crippen molar-refractivity contribution in [1.29, 1.82) is 0 Å². The van der Waals surface area contributed by atoms with Gasteiger partial charge in [-0.2, -0.15) is 5.10 Å². The zero-order valence-electron chi connectivity index (χ0n) is 14.9. The zero-order valence-corrected chi connectivity index (χ0v) is 15.8. The lowest BCUT2D eigenvalue weighted by atomic mass is 9.99. The molecule has 0 saturated carbocycles. The Morgan fingerprint density at radius 3 is 2.64 bits per heavy atom. The van der Waals surface area contributed by atoms with Crippen LogP contribution in [0.4, 0.5) is 11.6 Å². The Labute approximate surface area is 161 Å². The van der Waals surface area contributed by atoms with Gasteiger partial charge < -0.3 is 10.4 Å². The molecule has 144 valence electrons. The lowest BCUT2D eigenvalue weighted by Crippen LogP contribution is -2.12. The summed E-state index contributed by atoms with van der Waals surface area (Å²) >= 11 is 0. The molecule has 9 nitrogen and oxygen atoms in total. The van der Waals surface area contributed by atoms with Crippen LogP contribution in [-0.2, 0) is 10.0 Å². The maximum absolute atomic E-state index is 11.3. The van der Waals surface area contributed by atoms with Gasteiger partial charge in [0.2, 0.25) is 16.0 Å². The molecule has 4 rings (SSSR count). The molecule has 4 N–H and O–H groups in total. The first kappa shape index (κ1) is 18.1. The van der Waals surface area contributed by atoms with Crippen LogP contribution in [-0.4, -0.2) is 48.3 Å². The standard InChI is InChI=1S/C18H18N6O3S/c1-24-10-13(9-21-24)11-6-12-8-20-18(23-17(12)16(25)7-11)22-14-2-4-15(5-3-14)28(19,26)27/h2-9,13,25H,10H2,1H3,(H2,19,26,27)(H,20,22,23). The highest BCUT2D eigenvalue weighted by Crippen LogP contribution is 2.30. The minimum absolute atomic E-state index is 0.0174. The monoisotopic (exact) mass is 398 g/mol. The first-order valence-electron chi connectivity index (χ1n) is 8.44. The minimum atomic E-state index is -3.75. The lowest BCUT2D eigenvalue weighted by molar-refractivity contribution is 0.381. The van der Waals surface area contributed by atoms with Crippen molar-refractivity contribution in [3.8, 4) is 5.75 Å². The van der Waals surface area contributed by atoms with E-state index in [1.54, 1.807) is 24.4 Å². The largest absolute Gasteiger partial charge is 0.506 e. The molecule has 1 atom stereocenters. The predicted octanol–water partition coefficient (Wildman–Crippen LogP) is 1.74. The van der Waals surface area contributed by atoms with Gasteiger partial charge >= 0.3 is 0 Å². The molecule has 3 aromatic rings. The van der Waals surface area contributed by atoms with E-state index in [4.69, 9.17) is 5.14 Å². The fourth-order valence-corrected chi connectivity index (χ4v) is 3.56. The van der Waals surface area contributed by atoms with Crippen molar-refractivity contribution in [2.75, 3.05) is 18.9 Å². The summed E-state index contributed by atoms with van der Waals surface area (Å²) in [6.45, 7) is 0.750. The van der Waals surface area contributed by atoms with Crippen LogP contribution in [0.1, 0.15) is 11.5 Å². The molecule has 0 radical (unpaired) electrons. The van der Waals surface area contributed by atoms with Gasteiger partial charge in [-0.05, 0) is 42.0 Å². The molecule has 0 amide bonds. The van der Waals surface area contributed by atoms with E-state index < -0.39 is 10.0 Å². The van der Waals surface area contributed by atoms with Gasteiger partial charge in [0.15, 0.2) is 0 Å². The number of fused-ring (bicyclic) bond motifs is 1. The Kier molecular flexibility index (Phi) is 4.36. The number of phenols is 1. The fraction of sp³-hybridized carbons (Fsp3) is 0.167. The van der Waals surface area contributed by atoms with Gasteiger partial charge in [0.05, 0.1) is 4.90 Å². The molecule has 1 aliphatic heterocycles. The van der Waals surface area contributed by atoms with E-state index in [0.717, 1.165) is 12.1 Å². The summed E-state index contributed by atoms with van der Waals surface area (Å²) in [6, 6.07) is 9.54. The number of hydrazone groups is 1. The molecule has 1 unspecified atom stereocenters. The first-order valence-corrected chi connectivity index (χ1v) is 9.99. The fourth-order valence-electron chi connectivity index (χ4n) is 3.05. The lowest BCUT2D eigenvalue weighted by Gasteiger charge is -2.12. The van der Waals surface area contributed by atoms with Crippen LogP contribution in [0.3, 0.4) is 0 Å². The van der Waals surface area contributed by atoms with E-state index in [1.807, 2.05) is 24.3 Å². The first-order chi connectivity index (χ1) is 13.3. The Morgan fingerprint density at radius 1 is 1.25 bits per heavy atom. The van der Waals surface area contributed by atoms with Crippen molar-refractivity contribution in [2.24, 2.45) is 10.2 Å². The van der Waals surface area contributed by atoms with Crippen molar-refractivity contribution in [3.05, 3.63) is 48.2 Å². The van der Waals surface area contributed by atoms with Crippen LogP contribution in [0.15, 0.2) is 52.6 Å². The minimum Gasteiger partial charge on any atom is -0.506 e. The highest BCUT2D eigenvalue weighted by molar-refractivity contribution is 7.89. The number of hydrogen-bond donors (Lipinski definition) is 3. The van der Waals surface area contributed by atoms with Crippen LogP contribution >= 0.6 is 0 Å².